The molecule has 190 valence electrons. The van der Waals surface area contributed by atoms with E-state index in [9.17, 15) is 4.79 Å². The Hall–Kier alpha value is -2.39. The lowest BCUT2D eigenvalue weighted by molar-refractivity contribution is 0.0639. The Balaban J connectivity index is 0.00000289. The summed E-state index contributed by atoms with van der Waals surface area (Å²) in [5, 5.41) is 0. The van der Waals surface area contributed by atoms with Gasteiger partial charge >= 0.3 is 0 Å². The number of carbonyl (C=O) groups excluding carboxylic acids is 1. The molecule has 0 aromatic heterocycles. The Labute approximate surface area is 214 Å². The van der Waals surface area contributed by atoms with Gasteiger partial charge < -0.3 is 34.5 Å². The van der Waals surface area contributed by atoms with Crippen molar-refractivity contribution in [3.63, 3.8) is 0 Å². The van der Waals surface area contributed by atoms with Crippen LogP contribution < -0.4 is 24.7 Å². The molecule has 1 amide bonds. The van der Waals surface area contributed by atoms with E-state index in [0.717, 1.165) is 31.6 Å². The monoisotopic (exact) mass is 515 g/mol. The van der Waals surface area contributed by atoms with Crippen molar-refractivity contribution in [3.05, 3.63) is 41.5 Å². The lowest BCUT2D eigenvalue weighted by Gasteiger charge is -2.34. The van der Waals surface area contributed by atoms with E-state index in [-0.39, 0.29) is 30.7 Å². The van der Waals surface area contributed by atoms with Crippen molar-refractivity contribution < 1.29 is 23.7 Å². The molecule has 1 heterocycles. The average Bonchev–Trinajstić information content (AvgIpc) is 2.84. The molecule has 10 heteroatoms. The van der Waals surface area contributed by atoms with Crippen LogP contribution in [0.4, 0.5) is 0 Å². The van der Waals surface area contributed by atoms with Crippen LogP contribution in [0, 0.1) is 0 Å². The molecule has 1 aliphatic heterocycles. The number of rotatable bonds is 9. The molecule has 2 aromatic rings. The van der Waals surface area contributed by atoms with Crippen molar-refractivity contribution in [2.75, 3.05) is 60.6 Å². The normalized spacial score (nSPS) is 13.4. The van der Waals surface area contributed by atoms with Crippen LogP contribution in [0.5, 0.6) is 28.7 Å². The van der Waals surface area contributed by atoms with E-state index in [1.165, 1.54) is 21.3 Å². The van der Waals surface area contributed by atoms with Crippen LogP contribution in [-0.4, -0.2) is 76.3 Å². The SMILES string of the molecule is CCN1CCN(C(=O)c2cc(Oc3ccc(CCN)cc3)c(OC)c(OC)c2OC)CC1.Cl.Cl. The first-order valence-electron chi connectivity index (χ1n) is 10.9. The van der Waals surface area contributed by atoms with Crippen molar-refractivity contribution in [2.24, 2.45) is 5.73 Å². The summed E-state index contributed by atoms with van der Waals surface area (Å²) in [6.45, 7) is 6.69. The molecular formula is C24H35Cl2N3O5. The standard InChI is InChI=1S/C24H33N3O5.2ClH/c1-5-26-12-14-27(15-13-26)24(28)19-16-20(22(30-3)23(31-4)21(19)29-2)32-18-8-6-17(7-9-18)10-11-25;;/h6-9,16H,5,10-15,25H2,1-4H3;2*1H. The number of ether oxygens (including phenoxy) is 4. The fraction of sp³-hybridized carbons (Fsp3) is 0.458. The van der Waals surface area contributed by atoms with Crippen LogP contribution in [0.25, 0.3) is 0 Å². The van der Waals surface area contributed by atoms with Crippen molar-refractivity contribution in [3.8, 4) is 28.7 Å². The second kappa shape index (κ2) is 14.1. The number of amides is 1. The zero-order valence-corrected chi connectivity index (χ0v) is 21.8. The molecule has 0 spiro atoms. The second-order valence-corrected chi connectivity index (χ2v) is 7.53. The third kappa shape index (κ3) is 6.60. The van der Waals surface area contributed by atoms with Crippen LogP contribution in [0.2, 0.25) is 0 Å². The molecule has 8 nitrogen and oxygen atoms in total. The molecule has 0 saturated carbocycles. The van der Waals surface area contributed by atoms with E-state index in [2.05, 4.69) is 11.8 Å². The van der Waals surface area contributed by atoms with E-state index < -0.39 is 0 Å². The zero-order chi connectivity index (χ0) is 23.1. The Morgan fingerprint density at radius 3 is 2.00 bits per heavy atom. The molecule has 0 bridgehead atoms. The first kappa shape index (κ1) is 29.6. The van der Waals surface area contributed by atoms with Gasteiger partial charge in [-0.1, -0.05) is 19.1 Å². The predicted octanol–water partition coefficient (Wildman–Crippen LogP) is 3.63. The molecule has 1 fully saturated rings. The molecule has 1 aliphatic rings. The van der Waals surface area contributed by atoms with Gasteiger partial charge in [0.2, 0.25) is 11.5 Å². The number of halogens is 2. The van der Waals surface area contributed by atoms with E-state index in [1.807, 2.05) is 29.2 Å². The molecule has 3 rings (SSSR count). The summed E-state index contributed by atoms with van der Waals surface area (Å²) in [4.78, 5) is 17.6. The van der Waals surface area contributed by atoms with Crippen molar-refractivity contribution in [1.29, 1.82) is 0 Å². The van der Waals surface area contributed by atoms with Gasteiger partial charge in [0.05, 0.1) is 26.9 Å². The highest BCUT2D eigenvalue weighted by atomic mass is 35.5. The maximum Gasteiger partial charge on any atom is 0.258 e. The lowest BCUT2D eigenvalue weighted by Crippen LogP contribution is -2.48. The van der Waals surface area contributed by atoms with Crippen molar-refractivity contribution in [2.45, 2.75) is 13.3 Å². The molecule has 0 unspecified atom stereocenters. The zero-order valence-electron chi connectivity index (χ0n) is 20.2. The summed E-state index contributed by atoms with van der Waals surface area (Å²) >= 11 is 0. The molecule has 0 aliphatic carbocycles. The predicted molar refractivity (Wildman–Crippen MR) is 138 cm³/mol. The van der Waals surface area contributed by atoms with Crippen LogP contribution in [-0.2, 0) is 6.42 Å². The van der Waals surface area contributed by atoms with Gasteiger partial charge in [-0.05, 0) is 37.2 Å². The maximum absolute atomic E-state index is 13.4. The highest BCUT2D eigenvalue weighted by Gasteiger charge is 2.30. The fourth-order valence-electron chi connectivity index (χ4n) is 3.87. The van der Waals surface area contributed by atoms with E-state index >= 15 is 0 Å². The molecule has 0 atom stereocenters. The van der Waals surface area contributed by atoms with Gasteiger partial charge in [-0.2, -0.15) is 0 Å². The summed E-state index contributed by atoms with van der Waals surface area (Å²) < 4.78 is 22.9. The first-order valence-corrected chi connectivity index (χ1v) is 10.9. The molecule has 2 N–H and O–H groups in total. The largest absolute Gasteiger partial charge is 0.492 e. The van der Waals surface area contributed by atoms with Crippen molar-refractivity contribution in [1.82, 2.24) is 9.80 Å². The third-order valence-electron chi connectivity index (χ3n) is 5.69. The van der Waals surface area contributed by atoms with E-state index in [1.54, 1.807) is 6.07 Å². The molecule has 2 aromatic carbocycles. The van der Waals surface area contributed by atoms with Gasteiger partial charge in [0.25, 0.3) is 5.91 Å². The van der Waals surface area contributed by atoms with Crippen LogP contribution in [0.1, 0.15) is 22.8 Å². The first-order chi connectivity index (χ1) is 15.6. The number of nitrogens with zero attached hydrogens (tertiary/aromatic N) is 2. The third-order valence-corrected chi connectivity index (χ3v) is 5.69. The topological polar surface area (TPSA) is 86.5 Å². The van der Waals surface area contributed by atoms with Crippen LogP contribution in [0.3, 0.4) is 0 Å². The van der Waals surface area contributed by atoms with Gasteiger partial charge in [-0.25, -0.2) is 0 Å². The maximum atomic E-state index is 13.4. The summed E-state index contributed by atoms with van der Waals surface area (Å²) in [7, 11) is 4.56. The number of piperazine rings is 1. The minimum absolute atomic E-state index is 0. The Kier molecular flexibility index (Phi) is 12.3. The number of carbonyl (C=O) groups is 1. The highest BCUT2D eigenvalue weighted by molar-refractivity contribution is 5.99. The average molecular weight is 516 g/mol. The number of benzene rings is 2. The van der Waals surface area contributed by atoms with Gasteiger partial charge in [0, 0.05) is 32.2 Å². The Bertz CT molecular complexity index is 920. The highest BCUT2D eigenvalue weighted by Crippen LogP contribution is 2.48. The van der Waals surface area contributed by atoms with E-state index in [0.29, 0.717) is 53.9 Å². The lowest BCUT2D eigenvalue weighted by atomic mass is 10.1. The van der Waals surface area contributed by atoms with Gasteiger partial charge in [0.15, 0.2) is 11.5 Å². The molecular weight excluding hydrogens is 481 g/mol. The fourth-order valence-corrected chi connectivity index (χ4v) is 3.87. The molecule has 0 radical (unpaired) electrons. The van der Waals surface area contributed by atoms with Crippen LogP contribution in [0.15, 0.2) is 30.3 Å². The summed E-state index contributed by atoms with van der Waals surface area (Å²) in [6.07, 6.45) is 0.796. The van der Waals surface area contributed by atoms with Gasteiger partial charge in [-0.3, -0.25) is 4.79 Å². The number of hydrogen-bond donors (Lipinski definition) is 1. The number of methoxy groups -OCH3 is 3. The van der Waals surface area contributed by atoms with E-state index in [4.69, 9.17) is 24.7 Å². The summed E-state index contributed by atoms with van der Waals surface area (Å²) in [5.41, 5.74) is 7.13. The number of nitrogens with two attached hydrogens (primary N) is 1. The minimum Gasteiger partial charge on any atom is -0.492 e. The minimum atomic E-state index is -0.123. The number of hydrogen-bond acceptors (Lipinski definition) is 7. The smallest absolute Gasteiger partial charge is 0.258 e. The van der Waals surface area contributed by atoms with Gasteiger partial charge in [-0.15, -0.1) is 24.8 Å². The summed E-state index contributed by atoms with van der Waals surface area (Å²) in [6, 6.07) is 9.34. The summed E-state index contributed by atoms with van der Waals surface area (Å²) in [5.74, 6) is 1.89. The molecule has 1 saturated heterocycles. The van der Waals surface area contributed by atoms with Crippen LogP contribution >= 0.6 is 24.8 Å². The van der Waals surface area contributed by atoms with Crippen molar-refractivity contribution >= 4 is 30.7 Å². The second-order valence-electron chi connectivity index (χ2n) is 7.53. The quantitative estimate of drug-likeness (QED) is 0.545. The van der Waals surface area contributed by atoms with Gasteiger partial charge in [0.1, 0.15) is 5.75 Å². The number of likely N-dealkylation sites (N-methyl/N-ethyl adjacent to an activating group) is 1. The Morgan fingerprint density at radius 1 is 0.912 bits per heavy atom. The Morgan fingerprint density at radius 2 is 1.50 bits per heavy atom. The molecule has 34 heavy (non-hydrogen) atoms.